The predicted octanol–water partition coefficient (Wildman–Crippen LogP) is 3.86. The third-order valence-corrected chi connectivity index (χ3v) is 5.05. The third-order valence-electron chi connectivity index (χ3n) is 3.35. The van der Waals surface area contributed by atoms with Gasteiger partial charge in [-0.2, -0.15) is 24.9 Å². The minimum atomic E-state index is -4.53. The minimum Gasteiger partial charge on any atom is -0.384 e. The van der Waals surface area contributed by atoms with Crippen molar-refractivity contribution in [3.8, 4) is 0 Å². The lowest BCUT2D eigenvalue weighted by atomic mass is 9.87. The molecule has 7 heteroatoms. The second-order valence-corrected chi connectivity index (χ2v) is 6.38. The number of alkyl halides is 3. The molecule has 1 saturated heterocycles. The van der Waals surface area contributed by atoms with Crippen molar-refractivity contribution in [2.45, 2.75) is 36.8 Å². The average Bonchev–Trinajstić information content (AvgIpc) is 2.31. The topological polar surface area (TPSA) is 33.1 Å². The number of halogens is 4. The molecular formula is C12H13ClF3NOS. The summed E-state index contributed by atoms with van der Waals surface area (Å²) < 4.78 is 37.6. The van der Waals surface area contributed by atoms with E-state index in [4.69, 9.17) is 11.6 Å². The van der Waals surface area contributed by atoms with Gasteiger partial charge in [-0.05, 0) is 24.7 Å². The second-order valence-electron chi connectivity index (χ2n) is 4.57. The summed E-state index contributed by atoms with van der Waals surface area (Å²) in [6.45, 7) is 1.85. The van der Waals surface area contributed by atoms with Gasteiger partial charge in [0.2, 0.25) is 0 Å². The van der Waals surface area contributed by atoms with E-state index < -0.39 is 17.5 Å². The van der Waals surface area contributed by atoms with E-state index in [0.29, 0.717) is 6.42 Å². The molecule has 1 aromatic rings. The molecule has 0 saturated carbocycles. The Morgan fingerprint density at radius 3 is 2.68 bits per heavy atom. The van der Waals surface area contributed by atoms with Crippen molar-refractivity contribution in [3.63, 3.8) is 0 Å². The summed E-state index contributed by atoms with van der Waals surface area (Å²) in [7, 11) is 0. The Bertz CT molecular complexity index is 483. The standard InChI is InChI=1S/C12H13ClF3NOS/c1-7-11(18,5-2-6-19-7)8-3-4-9(12(14,15)16)17-10(8)13/h3-4,7,18H,2,5-6H2,1H3. The highest BCUT2D eigenvalue weighted by Crippen LogP contribution is 2.44. The summed E-state index contributed by atoms with van der Waals surface area (Å²) in [6, 6.07) is 2.10. The van der Waals surface area contributed by atoms with Crippen molar-refractivity contribution < 1.29 is 18.3 Å². The van der Waals surface area contributed by atoms with Gasteiger partial charge in [0.05, 0.1) is 0 Å². The lowest BCUT2D eigenvalue weighted by Crippen LogP contribution is -2.39. The van der Waals surface area contributed by atoms with Gasteiger partial charge in [-0.25, -0.2) is 4.98 Å². The first-order valence-electron chi connectivity index (χ1n) is 5.83. The van der Waals surface area contributed by atoms with Crippen LogP contribution in [0.2, 0.25) is 5.15 Å². The quantitative estimate of drug-likeness (QED) is 0.800. The number of hydrogen-bond acceptors (Lipinski definition) is 3. The Kier molecular flexibility index (Phi) is 4.05. The van der Waals surface area contributed by atoms with Gasteiger partial charge in [0.25, 0.3) is 0 Å². The number of aliphatic hydroxyl groups is 1. The van der Waals surface area contributed by atoms with Crippen LogP contribution in [-0.2, 0) is 11.8 Å². The lowest BCUT2D eigenvalue weighted by molar-refractivity contribution is -0.141. The van der Waals surface area contributed by atoms with Crippen LogP contribution in [0.5, 0.6) is 0 Å². The monoisotopic (exact) mass is 311 g/mol. The molecule has 0 aliphatic carbocycles. The van der Waals surface area contributed by atoms with Crippen LogP contribution in [0.1, 0.15) is 31.0 Å². The molecule has 2 rings (SSSR count). The van der Waals surface area contributed by atoms with Crippen molar-refractivity contribution >= 4 is 23.4 Å². The summed E-state index contributed by atoms with van der Waals surface area (Å²) in [4.78, 5) is 3.37. The molecule has 1 aliphatic rings. The molecule has 19 heavy (non-hydrogen) atoms. The fourth-order valence-corrected chi connectivity index (χ4v) is 3.71. The highest BCUT2D eigenvalue weighted by atomic mass is 35.5. The smallest absolute Gasteiger partial charge is 0.384 e. The number of hydrogen-bond donors (Lipinski definition) is 1. The van der Waals surface area contributed by atoms with E-state index in [0.717, 1.165) is 18.2 Å². The van der Waals surface area contributed by atoms with Crippen LogP contribution in [0, 0.1) is 0 Å². The van der Waals surface area contributed by atoms with Gasteiger partial charge in [-0.15, -0.1) is 0 Å². The first-order valence-corrected chi connectivity index (χ1v) is 7.26. The van der Waals surface area contributed by atoms with Gasteiger partial charge in [-0.1, -0.05) is 24.6 Å². The van der Waals surface area contributed by atoms with Crippen LogP contribution in [-0.4, -0.2) is 21.1 Å². The highest BCUT2D eigenvalue weighted by Gasteiger charge is 2.41. The van der Waals surface area contributed by atoms with E-state index in [1.165, 1.54) is 6.07 Å². The molecule has 0 amide bonds. The van der Waals surface area contributed by atoms with Crippen molar-refractivity contribution in [1.29, 1.82) is 0 Å². The molecule has 1 aromatic heterocycles. The van der Waals surface area contributed by atoms with Gasteiger partial charge < -0.3 is 5.11 Å². The number of rotatable bonds is 1. The summed E-state index contributed by atoms with van der Waals surface area (Å²) in [5.74, 6) is 0.926. The van der Waals surface area contributed by atoms with Gasteiger partial charge >= 0.3 is 6.18 Å². The van der Waals surface area contributed by atoms with Crippen molar-refractivity contribution in [1.82, 2.24) is 4.98 Å². The van der Waals surface area contributed by atoms with Crippen LogP contribution in [0.15, 0.2) is 12.1 Å². The Morgan fingerprint density at radius 1 is 1.47 bits per heavy atom. The predicted molar refractivity (Wildman–Crippen MR) is 69.3 cm³/mol. The molecule has 1 aliphatic heterocycles. The Morgan fingerprint density at radius 2 is 2.16 bits per heavy atom. The van der Waals surface area contributed by atoms with E-state index in [1.54, 1.807) is 11.8 Å². The summed E-state index contributed by atoms with van der Waals surface area (Å²) in [5.41, 5.74) is -1.97. The molecule has 0 aromatic carbocycles. The van der Waals surface area contributed by atoms with Gasteiger partial charge in [0, 0.05) is 10.8 Å². The van der Waals surface area contributed by atoms with Crippen LogP contribution in [0.4, 0.5) is 13.2 Å². The highest BCUT2D eigenvalue weighted by molar-refractivity contribution is 8.00. The summed E-state index contributed by atoms with van der Waals surface area (Å²) >= 11 is 7.42. The molecule has 0 bridgehead atoms. The molecule has 2 atom stereocenters. The molecular weight excluding hydrogens is 299 g/mol. The molecule has 0 radical (unpaired) electrons. The van der Waals surface area contributed by atoms with Crippen molar-refractivity contribution in [2.75, 3.05) is 5.75 Å². The second kappa shape index (κ2) is 5.14. The van der Waals surface area contributed by atoms with E-state index in [2.05, 4.69) is 4.98 Å². The Labute approximate surface area is 118 Å². The van der Waals surface area contributed by atoms with E-state index in [1.807, 2.05) is 6.92 Å². The SMILES string of the molecule is CC1SCCCC1(O)c1ccc(C(F)(F)F)nc1Cl. The van der Waals surface area contributed by atoms with Crippen LogP contribution in [0.25, 0.3) is 0 Å². The average molecular weight is 312 g/mol. The van der Waals surface area contributed by atoms with Crippen molar-refractivity contribution in [2.24, 2.45) is 0 Å². The maximum atomic E-state index is 12.5. The van der Waals surface area contributed by atoms with E-state index in [-0.39, 0.29) is 16.0 Å². The third kappa shape index (κ3) is 2.85. The zero-order valence-electron chi connectivity index (χ0n) is 10.2. The lowest BCUT2D eigenvalue weighted by Gasteiger charge is -2.38. The van der Waals surface area contributed by atoms with Gasteiger partial charge in [0.1, 0.15) is 16.4 Å². The fraction of sp³-hybridized carbons (Fsp3) is 0.583. The Balaban J connectivity index is 2.41. The summed E-state index contributed by atoms with van der Waals surface area (Å²) in [5, 5.41) is 10.3. The Hall–Kier alpha value is -0.460. The zero-order valence-corrected chi connectivity index (χ0v) is 11.7. The zero-order chi connectivity index (χ0) is 14.3. The first kappa shape index (κ1) is 14.9. The number of thioether (sulfide) groups is 1. The largest absolute Gasteiger partial charge is 0.433 e. The van der Waals surface area contributed by atoms with E-state index in [9.17, 15) is 18.3 Å². The molecule has 106 valence electrons. The van der Waals surface area contributed by atoms with Crippen molar-refractivity contribution in [3.05, 3.63) is 28.5 Å². The van der Waals surface area contributed by atoms with E-state index >= 15 is 0 Å². The molecule has 0 spiro atoms. The van der Waals surface area contributed by atoms with Gasteiger partial charge in [0.15, 0.2) is 0 Å². The molecule has 2 unspecified atom stereocenters. The maximum Gasteiger partial charge on any atom is 0.433 e. The van der Waals surface area contributed by atoms with Crippen LogP contribution in [0.3, 0.4) is 0 Å². The van der Waals surface area contributed by atoms with Gasteiger partial charge in [-0.3, -0.25) is 0 Å². The molecule has 2 nitrogen and oxygen atoms in total. The fourth-order valence-electron chi connectivity index (χ4n) is 2.21. The maximum absolute atomic E-state index is 12.5. The number of nitrogens with zero attached hydrogens (tertiary/aromatic N) is 1. The first-order chi connectivity index (χ1) is 8.75. The van der Waals surface area contributed by atoms with Crippen LogP contribution >= 0.6 is 23.4 Å². The molecule has 2 heterocycles. The molecule has 1 N–H and O–H groups in total. The van der Waals surface area contributed by atoms with Crippen LogP contribution < -0.4 is 0 Å². The number of pyridine rings is 1. The minimum absolute atomic E-state index is 0.128. The summed E-state index contributed by atoms with van der Waals surface area (Å²) in [6.07, 6.45) is -3.26. The normalized spacial score (nSPS) is 28.4. The molecule has 1 fully saturated rings. The number of aromatic nitrogens is 1.